The summed E-state index contributed by atoms with van der Waals surface area (Å²) < 4.78 is 25.9. The molecule has 0 unspecified atom stereocenters. The Kier molecular flexibility index (Phi) is 4.49. The number of hydrogen-bond donors (Lipinski definition) is 1. The van der Waals surface area contributed by atoms with Gasteiger partial charge in [0.05, 0.1) is 11.4 Å². The van der Waals surface area contributed by atoms with Gasteiger partial charge in [0.25, 0.3) is 0 Å². The molecule has 0 atom stereocenters. The van der Waals surface area contributed by atoms with Crippen LogP contribution in [0.2, 0.25) is 0 Å². The van der Waals surface area contributed by atoms with E-state index in [1.54, 1.807) is 16.6 Å². The summed E-state index contributed by atoms with van der Waals surface area (Å²) in [6, 6.07) is 3.60. The molecule has 0 amide bonds. The molecule has 1 aromatic heterocycles. The highest BCUT2D eigenvalue weighted by Crippen LogP contribution is 2.21. The zero-order chi connectivity index (χ0) is 14.8. The number of sulfonamides is 1. The second-order valence-corrected chi connectivity index (χ2v) is 7.49. The van der Waals surface area contributed by atoms with Crippen molar-refractivity contribution in [2.45, 2.75) is 13.8 Å². The third-order valence-corrected chi connectivity index (χ3v) is 5.53. The fourth-order valence-corrected chi connectivity index (χ4v) is 4.15. The summed E-state index contributed by atoms with van der Waals surface area (Å²) in [5.41, 5.74) is 6.53. The average molecular weight is 298 g/mol. The summed E-state index contributed by atoms with van der Waals surface area (Å²) >= 11 is 0. The predicted octanol–water partition coefficient (Wildman–Crippen LogP) is 0.772. The van der Waals surface area contributed by atoms with Gasteiger partial charge < -0.3 is 10.6 Å². The van der Waals surface area contributed by atoms with E-state index < -0.39 is 10.0 Å². The van der Waals surface area contributed by atoms with Crippen LogP contribution in [0.3, 0.4) is 0 Å². The molecule has 7 heteroatoms. The summed E-state index contributed by atoms with van der Waals surface area (Å²) in [6.07, 6.45) is 1.70. The third-order valence-electron chi connectivity index (χ3n) is 3.29. The Bertz CT molecular complexity index is 551. The lowest BCUT2D eigenvalue weighted by atomic mass is 10.3. The highest BCUT2D eigenvalue weighted by Gasteiger charge is 2.28. The van der Waals surface area contributed by atoms with E-state index in [1.807, 2.05) is 24.8 Å². The van der Waals surface area contributed by atoms with E-state index in [-0.39, 0.29) is 11.7 Å². The number of rotatable bonds is 4. The summed E-state index contributed by atoms with van der Waals surface area (Å²) in [5.74, 6) is 1.09. The molecule has 0 aromatic carbocycles. The number of anilines is 2. The Hall–Kier alpha value is -1.34. The molecule has 2 heterocycles. The lowest BCUT2D eigenvalue weighted by Gasteiger charge is -2.35. The van der Waals surface area contributed by atoms with Crippen LogP contribution in [0, 0.1) is 5.92 Å². The quantitative estimate of drug-likeness (QED) is 0.888. The Morgan fingerprint density at radius 3 is 2.50 bits per heavy atom. The Morgan fingerprint density at radius 1 is 1.30 bits per heavy atom. The fraction of sp³-hybridized carbons (Fsp3) is 0.615. The highest BCUT2D eigenvalue weighted by atomic mass is 32.2. The second-order valence-electron chi connectivity index (χ2n) is 5.47. The molecule has 6 nitrogen and oxygen atoms in total. The van der Waals surface area contributed by atoms with Crippen molar-refractivity contribution in [1.82, 2.24) is 9.29 Å². The summed E-state index contributed by atoms with van der Waals surface area (Å²) in [6.45, 7) is 6.07. The second kappa shape index (κ2) is 5.97. The molecule has 0 radical (unpaired) electrons. The summed E-state index contributed by atoms with van der Waals surface area (Å²) in [5, 5.41) is 0. The maximum atomic E-state index is 12.2. The van der Waals surface area contributed by atoms with Gasteiger partial charge in [-0.25, -0.2) is 13.4 Å². The van der Waals surface area contributed by atoms with Crippen LogP contribution in [0.1, 0.15) is 13.8 Å². The van der Waals surface area contributed by atoms with E-state index in [1.165, 1.54) is 0 Å². The molecule has 0 bridgehead atoms. The molecule has 20 heavy (non-hydrogen) atoms. The molecular weight excluding hydrogens is 276 g/mol. The first-order chi connectivity index (χ1) is 9.40. The number of pyridine rings is 1. The van der Waals surface area contributed by atoms with Crippen molar-refractivity contribution in [3.63, 3.8) is 0 Å². The first kappa shape index (κ1) is 15.1. The monoisotopic (exact) mass is 298 g/mol. The number of aromatic nitrogens is 1. The van der Waals surface area contributed by atoms with Gasteiger partial charge in [0.1, 0.15) is 0 Å². The van der Waals surface area contributed by atoms with Gasteiger partial charge in [-0.2, -0.15) is 4.31 Å². The maximum absolute atomic E-state index is 12.2. The van der Waals surface area contributed by atoms with E-state index in [2.05, 4.69) is 4.98 Å². The van der Waals surface area contributed by atoms with E-state index in [4.69, 9.17) is 5.73 Å². The normalized spacial score (nSPS) is 17.6. The van der Waals surface area contributed by atoms with E-state index in [9.17, 15) is 8.42 Å². The van der Waals surface area contributed by atoms with Crippen LogP contribution in [0.15, 0.2) is 18.3 Å². The van der Waals surface area contributed by atoms with Gasteiger partial charge in [-0.05, 0) is 18.1 Å². The molecule has 1 aliphatic rings. The molecule has 1 fully saturated rings. The smallest absolute Gasteiger partial charge is 0.214 e. The van der Waals surface area contributed by atoms with E-state index in [0.717, 1.165) is 5.82 Å². The standard InChI is InChI=1S/C13H22N4O2S/c1-11(2)10-20(18,19)17-8-6-16(7-9-17)13-12(14)4-3-5-15-13/h3-5,11H,6-10,14H2,1-2H3. The number of nitrogen functional groups attached to an aromatic ring is 1. The Labute approximate surface area is 120 Å². The van der Waals surface area contributed by atoms with Crippen LogP contribution in [-0.2, 0) is 10.0 Å². The SMILES string of the molecule is CC(C)CS(=O)(=O)N1CCN(c2ncccc2N)CC1. The van der Waals surface area contributed by atoms with Crippen LogP contribution >= 0.6 is 0 Å². The van der Waals surface area contributed by atoms with E-state index >= 15 is 0 Å². The molecule has 0 saturated carbocycles. The molecule has 1 saturated heterocycles. The molecule has 0 aliphatic carbocycles. The first-order valence-electron chi connectivity index (χ1n) is 6.83. The topological polar surface area (TPSA) is 79.5 Å². The molecular formula is C13H22N4O2S. The molecule has 2 rings (SSSR count). The van der Waals surface area contributed by atoms with Crippen LogP contribution < -0.4 is 10.6 Å². The van der Waals surface area contributed by atoms with Gasteiger partial charge in [-0.1, -0.05) is 13.8 Å². The van der Waals surface area contributed by atoms with Crippen LogP contribution in [0.25, 0.3) is 0 Å². The van der Waals surface area contributed by atoms with Gasteiger partial charge in [0.2, 0.25) is 10.0 Å². The van der Waals surface area contributed by atoms with Crippen molar-refractivity contribution in [2.24, 2.45) is 5.92 Å². The zero-order valence-corrected chi connectivity index (χ0v) is 12.8. The largest absolute Gasteiger partial charge is 0.396 e. The number of nitrogens with two attached hydrogens (primary N) is 1. The minimum absolute atomic E-state index is 0.143. The van der Waals surface area contributed by atoms with E-state index in [0.29, 0.717) is 31.9 Å². The van der Waals surface area contributed by atoms with Crippen LogP contribution in [0.4, 0.5) is 11.5 Å². The minimum atomic E-state index is -3.14. The maximum Gasteiger partial charge on any atom is 0.214 e. The van der Waals surface area contributed by atoms with Crippen molar-refractivity contribution in [1.29, 1.82) is 0 Å². The summed E-state index contributed by atoms with van der Waals surface area (Å²) in [7, 11) is -3.14. The van der Waals surface area contributed by atoms with Gasteiger partial charge in [0.15, 0.2) is 5.82 Å². The van der Waals surface area contributed by atoms with Gasteiger partial charge >= 0.3 is 0 Å². The third kappa shape index (κ3) is 3.40. The minimum Gasteiger partial charge on any atom is -0.396 e. The highest BCUT2D eigenvalue weighted by molar-refractivity contribution is 7.89. The summed E-state index contributed by atoms with van der Waals surface area (Å²) in [4.78, 5) is 6.31. The molecule has 0 spiro atoms. The van der Waals surface area contributed by atoms with Crippen molar-refractivity contribution >= 4 is 21.5 Å². The molecule has 1 aliphatic heterocycles. The van der Waals surface area contributed by atoms with Crippen molar-refractivity contribution in [3.05, 3.63) is 18.3 Å². The lowest BCUT2D eigenvalue weighted by molar-refractivity contribution is 0.381. The molecule has 112 valence electrons. The molecule has 2 N–H and O–H groups in total. The van der Waals surface area contributed by atoms with Crippen LogP contribution in [0.5, 0.6) is 0 Å². The van der Waals surface area contributed by atoms with Crippen molar-refractivity contribution < 1.29 is 8.42 Å². The first-order valence-corrected chi connectivity index (χ1v) is 8.44. The number of piperazine rings is 1. The molecule has 1 aromatic rings. The lowest BCUT2D eigenvalue weighted by Crippen LogP contribution is -2.50. The Morgan fingerprint density at radius 2 is 1.95 bits per heavy atom. The average Bonchev–Trinajstić information content (AvgIpc) is 2.38. The van der Waals surface area contributed by atoms with Gasteiger partial charge in [0, 0.05) is 32.4 Å². The Balaban J connectivity index is 2.01. The fourth-order valence-electron chi connectivity index (χ4n) is 2.38. The predicted molar refractivity (Wildman–Crippen MR) is 81.1 cm³/mol. The number of hydrogen-bond acceptors (Lipinski definition) is 5. The zero-order valence-electron chi connectivity index (χ0n) is 12.0. The van der Waals surface area contributed by atoms with Gasteiger partial charge in [-0.15, -0.1) is 0 Å². The van der Waals surface area contributed by atoms with Crippen molar-refractivity contribution in [3.8, 4) is 0 Å². The number of nitrogens with zero attached hydrogens (tertiary/aromatic N) is 3. The van der Waals surface area contributed by atoms with Crippen LogP contribution in [-0.4, -0.2) is 49.6 Å². The van der Waals surface area contributed by atoms with Crippen molar-refractivity contribution in [2.75, 3.05) is 42.6 Å². The van der Waals surface area contributed by atoms with Gasteiger partial charge in [-0.3, -0.25) is 0 Å².